The number of amides is 1. The van der Waals surface area contributed by atoms with Crippen LogP contribution >= 0.6 is 0 Å². The van der Waals surface area contributed by atoms with Gasteiger partial charge in [0, 0.05) is 37.5 Å². The van der Waals surface area contributed by atoms with Gasteiger partial charge in [0.25, 0.3) is 0 Å². The summed E-state index contributed by atoms with van der Waals surface area (Å²) < 4.78 is 20.0. The zero-order chi connectivity index (χ0) is 30.2. The van der Waals surface area contributed by atoms with E-state index < -0.39 is 11.8 Å². The summed E-state index contributed by atoms with van der Waals surface area (Å²) in [6.07, 6.45) is 7.15. The Labute approximate surface area is 248 Å². The highest BCUT2D eigenvalue weighted by Crippen LogP contribution is 2.31. The molecule has 6 nitrogen and oxygen atoms in total. The second kappa shape index (κ2) is 14.0. The van der Waals surface area contributed by atoms with Crippen LogP contribution in [0.25, 0.3) is 17.2 Å². The monoisotopic (exact) mass is 567 g/mol. The van der Waals surface area contributed by atoms with Gasteiger partial charge in [-0.3, -0.25) is 4.79 Å². The summed E-state index contributed by atoms with van der Waals surface area (Å²) in [5.41, 5.74) is 4.92. The molecular formula is C35H38FN3O3. The lowest BCUT2D eigenvalue weighted by Crippen LogP contribution is -2.36. The number of halogens is 1. The van der Waals surface area contributed by atoms with Crippen LogP contribution in [0.1, 0.15) is 62.6 Å². The van der Waals surface area contributed by atoms with E-state index in [0.717, 1.165) is 54.5 Å². The van der Waals surface area contributed by atoms with Crippen LogP contribution in [0.3, 0.4) is 0 Å². The number of rotatable bonds is 9. The maximum absolute atomic E-state index is 14.9. The van der Waals surface area contributed by atoms with Crippen molar-refractivity contribution in [3.05, 3.63) is 89.2 Å². The Balaban J connectivity index is 1.67. The standard InChI is InChI=1S/C35H38FN3O3/c1-24(2)42-34(40)17-11-25-19-30(36)21-32(20-25)39(35(41)28-8-6-5-7-9-28)23-26-10-16-33(29(18-26)22-37)27-12-14-31(15-13-27)38(3)4/h10-21,24,28H,5-9,23H2,1-4H3/b17-11+. The molecule has 42 heavy (non-hydrogen) atoms. The van der Waals surface area contributed by atoms with E-state index in [-0.39, 0.29) is 24.5 Å². The highest BCUT2D eigenvalue weighted by molar-refractivity contribution is 5.95. The first-order valence-corrected chi connectivity index (χ1v) is 14.5. The molecule has 1 fully saturated rings. The molecule has 0 N–H and O–H groups in total. The molecule has 0 bridgehead atoms. The zero-order valence-corrected chi connectivity index (χ0v) is 24.8. The summed E-state index contributed by atoms with van der Waals surface area (Å²) in [5.74, 6) is -1.24. The lowest BCUT2D eigenvalue weighted by atomic mass is 9.88. The van der Waals surface area contributed by atoms with Gasteiger partial charge in [-0.2, -0.15) is 5.26 Å². The molecule has 3 aromatic rings. The van der Waals surface area contributed by atoms with Gasteiger partial charge in [0.15, 0.2) is 0 Å². The van der Waals surface area contributed by atoms with Gasteiger partial charge in [0.05, 0.1) is 24.3 Å². The third kappa shape index (κ3) is 7.85. The number of hydrogen-bond acceptors (Lipinski definition) is 5. The minimum Gasteiger partial charge on any atom is -0.460 e. The average molecular weight is 568 g/mol. The van der Waals surface area contributed by atoms with Gasteiger partial charge in [0.2, 0.25) is 5.91 Å². The van der Waals surface area contributed by atoms with Crippen molar-refractivity contribution < 1.29 is 18.7 Å². The topological polar surface area (TPSA) is 73.6 Å². The van der Waals surface area contributed by atoms with Gasteiger partial charge in [-0.25, -0.2) is 9.18 Å². The fraction of sp³-hybridized carbons (Fsp3) is 0.343. The van der Waals surface area contributed by atoms with Crippen molar-refractivity contribution in [1.29, 1.82) is 5.26 Å². The van der Waals surface area contributed by atoms with Crippen LogP contribution < -0.4 is 9.80 Å². The van der Waals surface area contributed by atoms with Gasteiger partial charge in [-0.05, 0) is 91.4 Å². The Morgan fingerprint density at radius 3 is 2.36 bits per heavy atom. The highest BCUT2D eigenvalue weighted by atomic mass is 19.1. The van der Waals surface area contributed by atoms with E-state index in [9.17, 15) is 19.2 Å². The average Bonchev–Trinajstić information content (AvgIpc) is 2.98. The Hall–Kier alpha value is -4.44. The van der Waals surface area contributed by atoms with Crippen LogP contribution in [-0.2, 0) is 20.9 Å². The first kappa shape index (κ1) is 30.5. The van der Waals surface area contributed by atoms with Crippen LogP contribution in [0.5, 0.6) is 0 Å². The van der Waals surface area contributed by atoms with Crippen molar-refractivity contribution >= 4 is 29.3 Å². The zero-order valence-electron chi connectivity index (χ0n) is 24.8. The summed E-state index contributed by atoms with van der Waals surface area (Å²) >= 11 is 0. The number of carbonyl (C=O) groups is 2. The lowest BCUT2D eigenvalue weighted by molar-refractivity contribution is -0.141. The number of carbonyl (C=O) groups excluding carboxylic acids is 2. The molecular weight excluding hydrogens is 529 g/mol. The van der Waals surface area contributed by atoms with Crippen molar-refractivity contribution in [3.63, 3.8) is 0 Å². The molecule has 0 heterocycles. The number of ether oxygens (including phenoxy) is 1. The van der Waals surface area contributed by atoms with Gasteiger partial charge < -0.3 is 14.5 Å². The second-order valence-electron chi connectivity index (χ2n) is 11.3. The van der Waals surface area contributed by atoms with E-state index in [1.165, 1.54) is 24.3 Å². The predicted octanol–water partition coefficient (Wildman–Crippen LogP) is 7.51. The SMILES string of the molecule is CC(C)OC(=O)/C=C/c1cc(F)cc(N(Cc2ccc(-c3ccc(N(C)C)cc3)c(C#N)c2)C(=O)C2CCCCC2)c1. The van der Waals surface area contributed by atoms with Gasteiger partial charge in [-0.1, -0.05) is 43.5 Å². The Bertz CT molecular complexity index is 1480. The van der Waals surface area contributed by atoms with Crippen molar-refractivity contribution in [1.82, 2.24) is 0 Å². The summed E-state index contributed by atoms with van der Waals surface area (Å²) in [7, 11) is 3.95. The maximum Gasteiger partial charge on any atom is 0.331 e. The van der Waals surface area contributed by atoms with Crippen LogP contribution in [0.15, 0.2) is 66.7 Å². The number of hydrogen-bond donors (Lipinski definition) is 0. The fourth-order valence-electron chi connectivity index (χ4n) is 5.31. The van der Waals surface area contributed by atoms with Gasteiger partial charge in [-0.15, -0.1) is 0 Å². The van der Waals surface area contributed by atoms with E-state index in [1.807, 2.05) is 55.4 Å². The van der Waals surface area contributed by atoms with E-state index in [1.54, 1.807) is 30.9 Å². The minimum atomic E-state index is -0.522. The van der Waals surface area contributed by atoms with E-state index in [0.29, 0.717) is 16.8 Å². The molecule has 1 amide bonds. The number of benzene rings is 3. The molecule has 3 aromatic carbocycles. The second-order valence-corrected chi connectivity index (χ2v) is 11.3. The quantitative estimate of drug-likeness (QED) is 0.198. The van der Waals surface area contributed by atoms with Gasteiger partial charge >= 0.3 is 5.97 Å². The van der Waals surface area contributed by atoms with Crippen molar-refractivity contribution in [2.24, 2.45) is 5.92 Å². The lowest BCUT2D eigenvalue weighted by Gasteiger charge is -2.30. The summed E-state index contributed by atoms with van der Waals surface area (Å²) in [6, 6.07) is 20.3. The molecule has 0 unspecified atom stereocenters. The Morgan fingerprint density at radius 1 is 1.00 bits per heavy atom. The Kier molecular flexibility index (Phi) is 10.1. The molecule has 1 aliphatic carbocycles. The molecule has 0 spiro atoms. The third-order valence-electron chi connectivity index (χ3n) is 7.44. The third-order valence-corrected chi connectivity index (χ3v) is 7.44. The van der Waals surface area contributed by atoms with E-state index in [2.05, 4.69) is 6.07 Å². The molecule has 7 heteroatoms. The van der Waals surface area contributed by atoms with Crippen LogP contribution in [0, 0.1) is 23.1 Å². The number of esters is 1. The number of anilines is 2. The first-order chi connectivity index (χ1) is 20.1. The number of nitrogens with zero attached hydrogens (tertiary/aromatic N) is 3. The van der Waals surface area contributed by atoms with Crippen LogP contribution in [0.2, 0.25) is 0 Å². The van der Waals surface area contributed by atoms with Gasteiger partial charge in [0.1, 0.15) is 5.82 Å². The fourth-order valence-corrected chi connectivity index (χ4v) is 5.31. The molecule has 0 atom stereocenters. The molecule has 1 aliphatic rings. The van der Waals surface area contributed by atoms with Crippen LogP contribution in [0.4, 0.5) is 15.8 Å². The van der Waals surface area contributed by atoms with Crippen molar-refractivity contribution in [2.45, 2.75) is 58.6 Å². The summed E-state index contributed by atoms with van der Waals surface area (Å²) in [4.78, 5) is 29.5. The van der Waals surface area contributed by atoms with Crippen molar-refractivity contribution in [2.75, 3.05) is 23.9 Å². The number of nitriles is 1. The Morgan fingerprint density at radius 2 is 1.71 bits per heavy atom. The normalized spacial score (nSPS) is 13.6. The molecule has 0 saturated heterocycles. The molecule has 0 aliphatic heterocycles. The van der Waals surface area contributed by atoms with Crippen molar-refractivity contribution in [3.8, 4) is 17.2 Å². The molecule has 1 saturated carbocycles. The first-order valence-electron chi connectivity index (χ1n) is 14.5. The van der Waals surface area contributed by atoms with E-state index >= 15 is 0 Å². The van der Waals surface area contributed by atoms with Crippen LogP contribution in [-0.4, -0.2) is 32.1 Å². The minimum absolute atomic E-state index is 0.0590. The molecule has 0 radical (unpaired) electrons. The predicted molar refractivity (Wildman–Crippen MR) is 165 cm³/mol. The summed E-state index contributed by atoms with van der Waals surface area (Å²) in [6.45, 7) is 3.70. The smallest absolute Gasteiger partial charge is 0.331 e. The van der Waals surface area contributed by atoms with E-state index in [4.69, 9.17) is 4.74 Å². The maximum atomic E-state index is 14.9. The molecule has 218 valence electrons. The molecule has 4 rings (SSSR count). The largest absolute Gasteiger partial charge is 0.460 e. The summed E-state index contributed by atoms with van der Waals surface area (Å²) in [5, 5.41) is 10.0. The highest BCUT2D eigenvalue weighted by Gasteiger charge is 2.28. The molecule has 0 aromatic heterocycles.